The van der Waals surface area contributed by atoms with Gasteiger partial charge in [-0.15, -0.1) is 11.8 Å². The molecule has 0 saturated heterocycles. The molecule has 0 aliphatic carbocycles. The van der Waals surface area contributed by atoms with Crippen LogP contribution in [0.15, 0.2) is 83.8 Å². The minimum absolute atomic E-state index is 0.117. The van der Waals surface area contributed by atoms with Crippen molar-refractivity contribution < 1.29 is 4.79 Å². The fourth-order valence-corrected chi connectivity index (χ4v) is 3.34. The van der Waals surface area contributed by atoms with Crippen molar-refractivity contribution in [2.24, 2.45) is 0 Å². The van der Waals surface area contributed by atoms with Gasteiger partial charge in [-0.25, -0.2) is 0 Å². The van der Waals surface area contributed by atoms with Crippen molar-refractivity contribution in [1.82, 2.24) is 0 Å². The normalized spacial score (nSPS) is 10.0. The van der Waals surface area contributed by atoms with Gasteiger partial charge in [0.2, 0.25) is 0 Å². The third kappa shape index (κ3) is 4.50. The van der Waals surface area contributed by atoms with Crippen LogP contribution in [0.5, 0.6) is 0 Å². The monoisotopic (exact) mass is 344 g/mol. The topological polar surface area (TPSA) is 52.9 Å². The van der Waals surface area contributed by atoms with Gasteiger partial charge >= 0.3 is 0 Å². The van der Waals surface area contributed by atoms with Crippen LogP contribution in [0.25, 0.3) is 0 Å². The van der Waals surface area contributed by atoms with E-state index in [1.165, 1.54) is 0 Å². The van der Waals surface area contributed by atoms with Crippen molar-refractivity contribution in [2.75, 3.05) is 5.32 Å². The van der Waals surface area contributed by atoms with Crippen LogP contribution in [0.2, 0.25) is 0 Å². The van der Waals surface area contributed by atoms with Crippen LogP contribution in [0.3, 0.4) is 0 Å². The smallest absolute Gasteiger partial charge is 0.256 e. The van der Waals surface area contributed by atoms with E-state index < -0.39 is 0 Å². The molecular weight excluding hydrogens is 328 g/mol. The van der Waals surface area contributed by atoms with Crippen molar-refractivity contribution >= 4 is 23.4 Å². The average Bonchev–Trinajstić information content (AvgIpc) is 2.68. The van der Waals surface area contributed by atoms with Crippen LogP contribution in [-0.2, 0) is 5.75 Å². The van der Waals surface area contributed by atoms with E-state index in [4.69, 9.17) is 5.26 Å². The molecule has 3 aromatic carbocycles. The fraction of sp³-hybridized carbons (Fsp3) is 0.0476. The van der Waals surface area contributed by atoms with Crippen molar-refractivity contribution in [3.63, 3.8) is 0 Å². The highest BCUT2D eigenvalue weighted by Crippen LogP contribution is 2.27. The highest BCUT2D eigenvalue weighted by molar-refractivity contribution is 7.98. The zero-order chi connectivity index (χ0) is 17.5. The van der Waals surface area contributed by atoms with Crippen molar-refractivity contribution in [2.45, 2.75) is 10.6 Å². The summed E-state index contributed by atoms with van der Waals surface area (Å²) in [5.74, 6) is 0.621. The van der Waals surface area contributed by atoms with E-state index >= 15 is 0 Å². The molecule has 0 spiro atoms. The molecule has 0 saturated carbocycles. The van der Waals surface area contributed by atoms with Crippen LogP contribution >= 0.6 is 11.8 Å². The molecule has 25 heavy (non-hydrogen) atoms. The summed E-state index contributed by atoms with van der Waals surface area (Å²) >= 11 is 1.61. The number of nitrogens with one attached hydrogen (secondary N) is 1. The Hall–Kier alpha value is -3.03. The predicted octanol–water partition coefficient (Wildman–Crippen LogP) is 5.10. The van der Waals surface area contributed by atoms with Gasteiger partial charge in [0.1, 0.15) is 0 Å². The average molecular weight is 344 g/mol. The van der Waals surface area contributed by atoms with E-state index in [0.717, 1.165) is 21.9 Å². The maximum Gasteiger partial charge on any atom is 0.256 e. The van der Waals surface area contributed by atoms with Gasteiger partial charge in [-0.3, -0.25) is 4.79 Å². The number of para-hydroxylation sites is 1. The summed E-state index contributed by atoms with van der Waals surface area (Å²) in [5.41, 5.74) is 3.20. The number of thioether (sulfide) groups is 1. The zero-order valence-corrected chi connectivity index (χ0v) is 14.3. The Morgan fingerprint density at radius 3 is 2.32 bits per heavy atom. The van der Waals surface area contributed by atoms with E-state index in [-0.39, 0.29) is 5.91 Å². The lowest BCUT2D eigenvalue weighted by molar-refractivity contribution is 0.102. The fourth-order valence-electron chi connectivity index (χ4n) is 2.34. The highest BCUT2D eigenvalue weighted by Gasteiger charge is 2.11. The van der Waals surface area contributed by atoms with E-state index in [1.54, 1.807) is 11.8 Å². The number of hydrogen-bond donors (Lipinski definition) is 1. The lowest BCUT2D eigenvalue weighted by Crippen LogP contribution is -2.12. The largest absolute Gasteiger partial charge is 0.322 e. The summed E-state index contributed by atoms with van der Waals surface area (Å²) in [6.45, 7) is 0. The van der Waals surface area contributed by atoms with Crippen molar-refractivity contribution in [3.8, 4) is 6.07 Å². The molecule has 0 aliphatic rings. The molecule has 1 amide bonds. The van der Waals surface area contributed by atoms with Gasteiger partial charge in [-0.05, 0) is 42.0 Å². The molecular formula is C21H16N2OS. The lowest BCUT2D eigenvalue weighted by Gasteiger charge is -2.10. The molecule has 0 fully saturated rings. The Kier molecular flexibility index (Phi) is 5.50. The van der Waals surface area contributed by atoms with Gasteiger partial charge in [0.05, 0.1) is 17.2 Å². The second-order valence-corrected chi connectivity index (χ2v) is 6.43. The van der Waals surface area contributed by atoms with Crippen LogP contribution < -0.4 is 5.32 Å². The third-order valence-electron chi connectivity index (χ3n) is 3.64. The Balaban J connectivity index is 1.72. The molecule has 3 aromatic rings. The Morgan fingerprint density at radius 1 is 0.920 bits per heavy atom. The standard InChI is InChI=1S/C21H16N2OS/c22-14-16-10-12-17(13-11-16)15-25-20-9-5-4-8-19(20)21(24)23-18-6-2-1-3-7-18/h1-13H,15H2,(H,23,24). The first kappa shape index (κ1) is 16.8. The molecule has 0 unspecified atom stereocenters. The number of nitriles is 1. The maximum absolute atomic E-state index is 12.6. The minimum atomic E-state index is -0.117. The molecule has 0 aliphatic heterocycles. The van der Waals surface area contributed by atoms with E-state index in [0.29, 0.717) is 11.1 Å². The second-order valence-electron chi connectivity index (χ2n) is 5.41. The van der Waals surface area contributed by atoms with E-state index in [1.807, 2.05) is 78.9 Å². The molecule has 3 rings (SSSR count). The number of amides is 1. The van der Waals surface area contributed by atoms with Gasteiger partial charge in [-0.2, -0.15) is 5.26 Å². The number of rotatable bonds is 5. The molecule has 3 nitrogen and oxygen atoms in total. The molecule has 0 heterocycles. The first-order chi connectivity index (χ1) is 12.3. The molecule has 0 bridgehead atoms. The maximum atomic E-state index is 12.6. The first-order valence-corrected chi connectivity index (χ1v) is 8.82. The summed E-state index contributed by atoms with van der Waals surface area (Å²) in [6, 6.07) is 26.6. The summed E-state index contributed by atoms with van der Waals surface area (Å²) in [4.78, 5) is 13.5. The Bertz CT molecular complexity index is 899. The number of nitrogens with zero attached hydrogens (tertiary/aromatic N) is 1. The highest BCUT2D eigenvalue weighted by atomic mass is 32.2. The van der Waals surface area contributed by atoms with Crippen LogP contribution in [0.4, 0.5) is 5.69 Å². The third-order valence-corrected chi connectivity index (χ3v) is 4.79. The number of anilines is 1. The quantitative estimate of drug-likeness (QED) is 0.655. The summed E-state index contributed by atoms with van der Waals surface area (Å²) < 4.78 is 0. The lowest BCUT2D eigenvalue weighted by atomic mass is 10.2. The molecule has 4 heteroatoms. The van der Waals surface area contributed by atoms with Crippen molar-refractivity contribution in [3.05, 3.63) is 95.6 Å². The van der Waals surface area contributed by atoms with E-state index in [2.05, 4.69) is 11.4 Å². The summed E-state index contributed by atoms with van der Waals surface area (Å²) in [6.07, 6.45) is 0. The minimum Gasteiger partial charge on any atom is -0.322 e. The molecule has 0 aromatic heterocycles. The number of carbonyl (C=O) groups is 1. The zero-order valence-electron chi connectivity index (χ0n) is 13.5. The number of carbonyl (C=O) groups excluding carboxylic acids is 1. The van der Waals surface area contributed by atoms with E-state index in [9.17, 15) is 4.79 Å². The molecule has 0 atom stereocenters. The van der Waals surface area contributed by atoms with Crippen LogP contribution in [0.1, 0.15) is 21.5 Å². The molecule has 1 N–H and O–H groups in total. The van der Waals surface area contributed by atoms with Gasteiger partial charge in [0.25, 0.3) is 5.91 Å². The number of benzene rings is 3. The molecule has 122 valence electrons. The Morgan fingerprint density at radius 2 is 1.60 bits per heavy atom. The molecule has 0 radical (unpaired) electrons. The van der Waals surface area contributed by atoms with Gasteiger partial charge in [-0.1, -0.05) is 42.5 Å². The SMILES string of the molecule is N#Cc1ccc(CSc2ccccc2C(=O)Nc2ccccc2)cc1. The van der Waals surface area contributed by atoms with Gasteiger partial charge in [0, 0.05) is 16.3 Å². The summed E-state index contributed by atoms with van der Waals surface area (Å²) in [7, 11) is 0. The number of hydrogen-bond acceptors (Lipinski definition) is 3. The van der Waals surface area contributed by atoms with Crippen LogP contribution in [-0.4, -0.2) is 5.91 Å². The Labute approximate surface area is 151 Å². The van der Waals surface area contributed by atoms with Crippen molar-refractivity contribution in [1.29, 1.82) is 5.26 Å². The predicted molar refractivity (Wildman–Crippen MR) is 102 cm³/mol. The second kappa shape index (κ2) is 8.18. The van der Waals surface area contributed by atoms with Gasteiger partial charge in [0.15, 0.2) is 0 Å². The first-order valence-electron chi connectivity index (χ1n) is 7.83. The van der Waals surface area contributed by atoms with Crippen LogP contribution in [0, 0.1) is 11.3 Å². The summed E-state index contributed by atoms with van der Waals surface area (Å²) in [5, 5.41) is 11.8. The van der Waals surface area contributed by atoms with Gasteiger partial charge < -0.3 is 5.32 Å².